The third-order valence-electron chi connectivity index (χ3n) is 2.36. The van der Waals surface area contributed by atoms with Gasteiger partial charge in [0.05, 0.1) is 5.56 Å². The van der Waals surface area contributed by atoms with Crippen molar-refractivity contribution in [3.8, 4) is 11.1 Å². The number of benzene rings is 2. The predicted molar refractivity (Wildman–Crippen MR) is 68.3 cm³/mol. The number of hydrogen-bond donors (Lipinski definition) is 2. The van der Waals surface area contributed by atoms with Gasteiger partial charge in [0, 0.05) is 10.7 Å². The highest BCUT2D eigenvalue weighted by molar-refractivity contribution is 6.31. The Kier molecular flexibility index (Phi) is 3.02. The first-order valence-electron chi connectivity index (χ1n) is 4.96. The van der Waals surface area contributed by atoms with E-state index in [1.165, 1.54) is 0 Å². The number of nitrogens with two attached hydrogens (primary N) is 1. The van der Waals surface area contributed by atoms with Gasteiger partial charge in [-0.15, -0.1) is 0 Å². The van der Waals surface area contributed by atoms with Crippen LogP contribution in [0.15, 0.2) is 42.5 Å². The molecular formula is C13H10ClNO2. The fraction of sp³-hybridized carbons (Fsp3) is 0. The van der Waals surface area contributed by atoms with Crippen molar-refractivity contribution in [2.45, 2.75) is 0 Å². The smallest absolute Gasteiger partial charge is 0.335 e. The largest absolute Gasteiger partial charge is 0.478 e. The van der Waals surface area contributed by atoms with Crippen LogP contribution in [0.1, 0.15) is 10.4 Å². The van der Waals surface area contributed by atoms with E-state index in [2.05, 4.69) is 0 Å². The van der Waals surface area contributed by atoms with Crippen LogP contribution in [0.5, 0.6) is 0 Å². The van der Waals surface area contributed by atoms with E-state index in [4.69, 9.17) is 22.4 Å². The molecule has 0 aliphatic rings. The first-order valence-corrected chi connectivity index (χ1v) is 5.34. The fourth-order valence-corrected chi connectivity index (χ4v) is 1.85. The molecule has 0 bridgehead atoms. The molecule has 0 heterocycles. The van der Waals surface area contributed by atoms with E-state index in [1.807, 2.05) is 6.07 Å². The molecule has 0 aromatic heterocycles. The summed E-state index contributed by atoms with van der Waals surface area (Å²) < 4.78 is 0. The van der Waals surface area contributed by atoms with Gasteiger partial charge in [-0.3, -0.25) is 0 Å². The normalized spacial score (nSPS) is 10.2. The number of carboxylic acid groups (broad SMARTS) is 1. The Morgan fingerprint density at radius 2 is 1.88 bits per heavy atom. The molecule has 0 unspecified atom stereocenters. The lowest BCUT2D eigenvalue weighted by atomic mass is 10.0. The third kappa shape index (κ3) is 2.57. The van der Waals surface area contributed by atoms with Gasteiger partial charge in [-0.1, -0.05) is 23.7 Å². The second-order valence-corrected chi connectivity index (χ2v) is 4.10. The van der Waals surface area contributed by atoms with E-state index in [9.17, 15) is 4.79 Å². The third-order valence-corrected chi connectivity index (χ3v) is 2.58. The molecule has 0 amide bonds. The molecular weight excluding hydrogens is 238 g/mol. The summed E-state index contributed by atoms with van der Waals surface area (Å²) in [6, 6.07) is 11.8. The number of rotatable bonds is 2. The molecule has 2 rings (SSSR count). The van der Waals surface area contributed by atoms with Gasteiger partial charge in [0.2, 0.25) is 0 Å². The van der Waals surface area contributed by atoms with Crippen LogP contribution in [0.4, 0.5) is 5.69 Å². The molecule has 86 valence electrons. The van der Waals surface area contributed by atoms with Crippen molar-refractivity contribution in [3.05, 3.63) is 53.1 Å². The summed E-state index contributed by atoms with van der Waals surface area (Å²) in [7, 11) is 0. The van der Waals surface area contributed by atoms with Crippen molar-refractivity contribution < 1.29 is 9.90 Å². The van der Waals surface area contributed by atoms with Crippen molar-refractivity contribution in [1.82, 2.24) is 0 Å². The highest BCUT2D eigenvalue weighted by atomic mass is 35.5. The number of anilines is 1. The number of nitrogen functional groups attached to an aromatic ring is 1. The second kappa shape index (κ2) is 4.47. The Morgan fingerprint density at radius 1 is 1.12 bits per heavy atom. The maximum Gasteiger partial charge on any atom is 0.335 e. The molecule has 0 fully saturated rings. The standard InChI is InChI=1S/C13H10ClNO2/c14-11-5-10(6-12(15)7-11)8-2-1-3-9(4-8)13(16)17/h1-7H,15H2,(H,16,17). The van der Waals surface area contributed by atoms with E-state index in [1.54, 1.807) is 36.4 Å². The summed E-state index contributed by atoms with van der Waals surface area (Å²) in [6.07, 6.45) is 0. The molecule has 17 heavy (non-hydrogen) atoms. The number of carbonyl (C=O) groups is 1. The molecule has 3 N–H and O–H groups in total. The molecule has 0 saturated heterocycles. The number of carboxylic acids is 1. The molecule has 2 aromatic rings. The van der Waals surface area contributed by atoms with Gasteiger partial charge in [0.25, 0.3) is 0 Å². The van der Waals surface area contributed by atoms with Gasteiger partial charge >= 0.3 is 5.97 Å². The summed E-state index contributed by atoms with van der Waals surface area (Å²) in [5.41, 5.74) is 8.06. The lowest BCUT2D eigenvalue weighted by Gasteiger charge is -2.05. The molecule has 0 saturated carbocycles. The average Bonchev–Trinajstić information content (AvgIpc) is 2.28. The van der Waals surface area contributed by atoms with E-state index < -0.39 is 5.97 Å². The van der Waals surface area contributed by atoms with Gasteiger partial charge in [0.1, 0.15) is 0 Å². The number of hydrogen-bond acceptors (Lipinski definition) is 2. The summed E-state index contributed by atoms with van der Waals surface area (Å²) >= 11 is 5.91. The first-order chi connectivity index (χ1) is 8.06. The Bertz CT molecular complexity index is 561. The van der Waals surface area contributed by atoms with Crippen molar-refractivity contribution in [1.29, 1.82) is 0 Å². The van der Waals surface area contributed by atoms with Gasteiger partial charge in [0.15, 0.2) is 0 Å². The quantitative estimate of drug-likeness (QED) is 0.801. The minimum absolute atomic E-state index is 0.237. The summed E-state index contributed by atoms with van der Waals surface area (Å²) in [5, 5.41) is 9.44. The Hall–Kier alpha value is -2.00. The van der Waals surface area contributed by atoms with Crippen LogP contribution >= 0.6 is 11.6 Å². The topological polar surface area (TPSA) is 63.3 Å². The molecule has 4 heteroatoms. The van der Waals surface area contributed by atoms with Gasteiger partial charge in [-0.2, -0.15) is 0 Å². The Balaban J connectivity index is 2.52. The van der Waals surface area contributed by atoms with Crippen LogP contribution in [0.25, 0.3) is 11.1 Å². The fourth-order valence-electron chi connectivity index (χ4n) is 1.61. The molecule has 0 atom stereocenters. The molecule has 0 spiro atoms. The van der Waals surface area contributed by atoms with Crippen LogP contribution < -0.4 is 5.73 Å². The van der Waals surface area contributed by atoms with Gasteiger partial charge < -0.3 is 10.8 Å². The molecule has 3 nitrogen and oxygen atoms in total. The van der Waals surface area contributed by atoms with Crippen molar-refractivity contribution >= 4 is 23.3 Å². The zero-order valence-electron chi connectivity index (χ0n) is 8.85. The first kappa shape index (κ1) is 11.5. The zero-order valence-corrected chi connectivity index (χ0v) is 9.61. The molecule has 0 radical (unpaired) electrons. The maximum absolute atomic E-state index is 10.9. The predicted octanol–water partition coefficient (Wildman–Crippen LogP) is 3.29. The molecule has 0 aliphatic carbocycles. The van der Waals surface area contributed by atoms with Crippen molar-refractivity contribution in [2.24, 2.45) is 0 Å². The lowest BCUT2D eigenvalue weighted by molar-refractivity contribution is 0.0697. The van der Waals surface area contributed by atoms with E-state index >= 15 is 0 Å². The SMILES string of the molecule is Nc1cc(Cl)cc(-c2cccc(C(=O)O)c2)c1. The minimum atomic E-state index is -0.957. The minimum Gasteiger partial charge on any atom is -0.478 e. The van der Waals surface area contributed by atoms with Gasteiger partial charge in [-0.05, 0) is 41.5 Å². The van der Waals surface area contributed by atoms with E-state index in [0.29, 0.717) is 10.7 Å². The van der Waals surface area contributed by atoms with Crippen LogP contribution in [-0.2, 0) is 0 Å². The monoisotopic (exact) mass is 247 g/mol. The van der Waals surface area contributed by atoms with Crippen LogP contribution in [-0.4, -0.2) is 11.1 Å². The van der Waals surface area contributed by atoms with Crippen LogP contribution in [0.3, 0.4) is 0 Å². The Morgan fingerprint density at radius 3 is 2.53 bits per heavy atom. The summed E-state index contributed by atoms with van der Waals surface area (Å²) in [6.45, 7) is 0. The second-order valence-electron chi connectivity index (χ2n) is 3.66. The summed E-state index contributed by atoms with van der Waals surface area (Å²) in [4.78, 5) is 10.9. The zero-order chi connectivity index (χ0) is 12.4. The molecule has 2 aromatic carbocycles. The van der Waals surface area contributed by atoms with Crippen molar-refractivity contribution in [3.63, 3.8) is 0 Å². The van der Waals surface area contributed by atoms with Crippen LogP contribution in [0, 0.1) is 0 Å². The lowest BCUT2D eigenvalue weighted by Crippen LogP contribution is -1.95. The van der Waals surface area contributed by atoms with E-state index in [-0.39, 0.29) is 5.56 Å². The van der Waals surface area contributed by atoms with Crippen molar-refractivity contribution in [2.75, 3.05) is 5.73 Å². The highest BCUT2D eigenvalue weighted by Gasteiger charge is 2.05. The maximum atomic E-state index is 10.9. The highest BCUT2D eigenvalue weighted by Crippen LogP contribution is 2.26. The number of aromatic carboxylic acids is 1. The Labute approximate surface area is 103 Å². The van der Waals surface area contributed by atoms with Gasteiger partial charge in [-0.25, -0.2) is 4.79 Å². The average molecular weight is 248 g/mol. The molecule has 0 aliphatic heterocycles. The van der Waals surface area contributed by atoms with Crippen LogP contribution in [0.2, 0.25) is 5.02 Å². The van der Waals surface area contributed by atoms with E-state index in [0.717, 1.165) is 11.1 Å². The number of halogens is 1. The summed E-state index contributed by atoms with van der Waals surface area (Å²) in [5.74, 6) is -0.957.